The molecular formula is C14H14N2O2S. The molecule has 0 bridgehead atoms. The molecule has 1 aliphatic rings. The number of rotatable bonds is 2. The van der Waals surface area contributed by atoms with Gasteiger partial charge in [-0.3, -0.25) is 0 Å². The summed E-state index contributed by atoms with van der Waals surface area (Å²) in [6.45, 7) is 1.84. The highest BCUT2D eigenvalue weighted by atomic mass is 32.2. The van der Waals surface area contributed by atoms with Gasteiger partial charge in [-0.1, -0.05) is 24.3 Å². The molecule has 98 valence electrons. The van der Waals surface area contributed by atoms with E-state index in [1.807, 2.05) is 36.0 Å². The minimum Gasteiger partial charge on any atom is -0.477 e. The predicted octanol–water partition coefficient (Wildman–Crippen LogP) is 2.49. The highest BCUT2D eigenvalue weighted by molar-refractivity contribution is 7.99. The first-order valence-corrected chi connectivity index (χ1v) is 7.37. The molecule has 0 unspecified atom stereocenters. The summed E-state index contributed by atoms with van der Waals surface area (Å²) in [5.41, 5.74) is 0.118. The molecule has 1 N–H and O–H groups in total. The molecule has 1 aliphatic heterocycles. The highest BCUT2D eigenvalue weighted by Crippen LogP contribution is 2.27. The zero-order valence-electron chi connectivity index (χ0n) is 10.4. The van der Waals surface area contributed by atoms with Gasteiger partial charge in [0.15, 0.2) is 5.69 Å². The van der Waals surface area contributed by atoms with Crippen LogP contribution in [0, 0.1) is 0 Å². The van der Waals surface area contributed by atoms with Crippen molar-refractivity contribution in [1.82, 2.24) is 4.98 Å². The first-order chi connectivity index (χ1) is 9.25. The third kappa shape index (κ3) is 2.38. The molecule has 0 atom stereocenters. The van der Waals surface area contributed by atoms with Crippen molar-refractivity contribution in [2.24, 2.45) is 0 Å². The van der Waals surface area contributed by atoms with Gasteiger partial charge >= 0.3 is 5.97 Å². The van der Waals surface area contributed by atoms with Crippen molar-refractivity contribution in [3.63, 3.8) is 0 Å². The summed E-state index contributed by atoms with van der Waals surface area (Å²) < 4.78 is 0. The fourth-order valence-corrected chi connectivity index (χ4v) is 3.21. The Hall–Kier alpha value is -1.75. The molecule has 0 radical (unpaired) electrons. The van der Waals surface area contributed by atoms with E-state index in [0.29, 0.717) is 0 Å². The van der Waals surface area contributed by atoms with E-state index in [4.69, 9.17) is 0 Å². The number of pyridine rings is 1. The number of carbonyl (C=O) groups is 1. The number of nitrogens with zero attached hydrogens (tertiary/aromatic N) is 2. The summed E-state index contributed by atoms with van der Waals surface area (Å²) in [7, 11) is 0. The Kier molecular flexibility index (Phi) is 3.29. The van der Waals surface area contributed by atoms with Gasteiger partial charge in [-0.15, -0.1) is 0 Å². The largest absolute Gasteiger partial charge is 0.477 e. The van der Waals surface area contributed by atoms with Crippen LogP contribution in [0.25, 0.3) is 10.8 Å². The number of fused-ring (bicyclic) bond motifs is 1. The van der Waals surface area contributed by atoms with Crippen LogP contribution in [0.5, 0.6) is 0 Å². The van der Waals surface area contributed by atoms with Gasteiger partial charge in [0.05, 0.1) is 0 Å². The maximum Gasteiger partial charge on any atom is 0.354 e. The molecule has 2 heterocycles. The maximum atomic E-state index is 11.2. The Labute approximate surface area is 115 Å². The first-order valence-electron chi connectivity index (χ1n) is 6.21. The fourth-order valence-electron chi connectivity index (χ4n) is 2.31. The second-order valence-electron chi connectivity index (χ2n) is 4.46. The van der Waals surface area contributed by atoms with Crippen molar-refractivity contribution in [3.8, 4) is 0 Å². The van der Waals surface area contributed by atoms with Gasteiger partial charge in [0, 0.05) is 30.0 Å². The average Bonchev–Trinajstić information content (AvgIpc) is 2.47. The highest BCUT2D eigenvalue weighted by Gasteiger charge is 2.18. The Morgan fingerprint density at radius 1 is 1.26 bits per heavy atom. The van der Waals surface area contributed by atoms with E-state index >= 15 is 0 Å². The van der Waals surface area contributed by atoms with Crippen LogP contribution in [-0.2, 0) is 0 Å². The van der Waals surface area contributed by atoms with Gasteiger partial charge in [-0.25, -0.2) is 9.78 Å². The van der Waals surface area contributed by atoms with Crippen molar-refractivity contribution in [2.75, 3.05) is 29.5 Å². The Bertz CT molecular complexity index is 624. The smallest absolute Gasteiger partial charge is 0.354 e. The van der Waals surface area contributed by atoms with Crippen LogP contribution >= 0.6 is 11.8 Å². The normalized spacial score (nSPS) is 15.7. The summed E-state index contributed by atoms with van der Waals surface area (Å²) in [5.74, 6) is 1.95. The molecule has 3 rings (SSSR count). The molecule has 5 heteroatoms. The minimum absolute atomic E-state index is 0.118. The van der Waals surface area contributed by atoms with Crippen LogP contribution in [-0.4, -0.2) is 40.7 Å². The van der Waals surface area contributed by atoms with E-state index in [0.717, 1.165) is 41.2 Å². The fraction of sp³-hybridized carbons (Fsp3) is 0.286. The second-order valence-corrected chi connectivity index (χ2v) is 5.68. The minimum atomic E-state index is -0.974. The van der Waals surface area contributed by atoms with Gasteiger partial charge in [0.2, 0.25) is 0 Å². The molecule has 0 saturated carbocycles. The standard InChI is InChI=1S/C14H14N2O2S/c17-14(18)12-9-10-3-1-2-4-11(10)13(15-12)16-5-7-19-8-6-16/h1-4,9H,5-8H2,(H,17,18). The molecule has 0 spiro atoms. The number of hydrogen-bond donors (Lipinski definition) is 1. The zero-order chi connectivity index (χ0) is 13.2. The monoisotopic (exact) mass is 274 g/mol. The van der Waals surface area contributed by atoms with Crippen LogP contribution in [0.15, 0.2) is 30.3 Å². The molecule has 0 aliphatic carbocycles. The number of carboxylic acids is 1. The van der Waals surface area contributed by atoms with Crippen LogP contribution < -0.4 is 4.90 Å². The Balaban J connectivity index is 2.16. The van der Waals surface area contributed by atoms with E-state index < -0.39 is 5.97 Å². The van der Waals surface area contributed by atoms with Crippen molar-refractivity contribution in [3.05, 3.63) is 36.0 Å². The Morgan fingerprint density at radius 2 is 2.00 bits per heavy atom. The number of aromatic carboxylic acids is 1. The number of carboxylic acid groups (broad SMARTS) is 1. The topological polar surface area (TPSA) is 53.4 Å². The van der Waals surface area contributed by atoms with E-state index in [1.165, 1.54) is 0 Å². The van der Waals surface area contributed by atoms with E-state index in [-0.39, 0.29) is 5.69 Å². The molecule has 1 aromatic heterocycles. The van der Waals surface area contributed by atoms with Gasteiger partial charge in [-0.05, 0) is 11.5 Å². The van der Waals surface area contributed by atoms with Gasteiger partial charge in [0.1, 0.15) is 5.82 Å². The molecule has 1 fully saturated rings. The lowest BCUT2D eigenvalue weighted by molar-refractivity contribution is 0.0691. The van der Waals surface area contributed by atoms with Crippen LogP contribution in [0.2, 0.25) is 0 Å². The number of anilines is 1. The lowest BCUT2D eigenvalue weighted by atomic mass is 10.1. The van der Waals surface area contributed by atoms with E-state index in [9.17, 15) is 9.90 Å². The summed E-state index contributed by atoms with van der Waals surface area (Å²) in [6, 6.07) is 9.47. The molecular weight excluding hydrogens is 260 g/mol. The molecule has 1 aromatic carbocycles. The Morgan fingerprint density at radius 3 is 2.74 bits per heavy atom. The van der Waals surface area contributed by atoms with Crippen molar-refractivity contribution in [1.29, 1.82) is 0 Å². The predicted molar refractivity (Wildman–Crippen MR) is 78.2 cm³/mol. The van der Waals surface area contributed by atoms with Crippen LogP contribution in [0.3, 0.4) is 0 Å². The second kappa shape index (κ2) is 5.09. The van der Waals surface area contributed by atoms with E-state index in [1.54, 1.807) is 6.07 Å². The third-order valence-corrected chi connectivity index (χ3v) is 4.19. The lowest BCUT2D eigenvalue weighted by Gasteiger charge is -2.28. The summed E-state index contributed by atoms with van der Waals surface area (Å²) in [6.07, 6.45) is 0. The SMILES string of the molecule is O=C(O)c1cc2ccccc2c(N2CCSCC2)n1. The number of benzene rings is 1. The summed E-state index contributed by atoms with van der Waals surface area (Å²) in [4.78, 5) is 17.7. The number of thioether (sulfide) groups is 1. The van der Waals surface area contributed by atoms with E-state index in [2.05, 4.69) is 9.88 Å². The maximum absolute atomic E-state index is 11.2. The van der Waals surface area contributed by atoms with Crippen molar-refractivity contribution < 1.29 is 9.90 Å². The average molecular weight is 274 g/mol. The number of hydrogen-bond acceptors (Lipinski definition) is 4. The third-order valence-electron chi connectivity index (χ3n) is 3.25. The molecule has 1 saturated heterocycles. The van der Waals surface area contributed by atoms with Crippen LogP contribution in [0.4, 0.5) is 5.82 Å². The van der Waals surface area contributed by atoms with Gasteiger partial charge < -0.3 is 10.0 Å². The number of aromatic nitrogens is 1. The van der Waals surface area contributed by atoms with Crippen LogP contribution in [0.1, 0.15) is 10.5 Å². The molecule has 0 amide bonds. The first kappa shape index (κ1) is 12.3. The van der Waals surface area contributed by atoms with Gasteiger partial charge in [-0.2, -0.15) is 11.8 Å². The lowest BCUT2D eigenvalue weighted by Crippen LogP contribution is -2.33. The quantitative estimate of drug-likeness (QED) is 0.911. The summed E-state index contributed by atoms with van der Waals surface area (Å²) >= 11 is 1.92. The van der Waals surface area contributed by atoms with Crippen molar-refractivity contribution in [2.45, 2.75) is 0 Å². The molecule has 4 nitrogen and oxygen atoms in total. The van der Waals surface area contributed by atoms with Gasteiger partial charge in [0.25, 0.3) is 0 Å². The zero-order valence-corrected chi connectivity index (χ0v) is 11.2. The summed E-state index contributed by atoms with van der Waals surface area (Å²) in [5, 5.41) is 11.1. The van der Waals surface area contributed by atoms with Crippen molar-refractivity contribution >= 4 is 34.3 Å². The molecule has 19 heavy (non-hydrogen) atoms. The molecule has 2 aromatic rings.